The van der Waals surface area contributed by atoms with Crippen molar-refractivity contribution in [2.45, 2.75) is 0 Å². The first-order chi connectivity index (χ1) is 12.3. The average Bonchev–Trinajstić information content (AvgIpc) is 2.67. The molecule has 5 aromatic rings. The molecule has 0 N–H and O–H groups in total. The van der Waals surface area contributed by atoms with E-state index in [-0.39, 0.29) is 0 Å². The minimum Gasteiger partial charge on any atom is -0.247 e. The minimum atomic E-state index is 1.03. The molecule has 0 radical (unpaired) electrons. The second kappa shape index (κ2) is 5.68. The van der Waals surface area contributed by atoms with Crippen LogP contribution in [0.3, 0.4) is 0 Å². The Morgan fingerprint density at radius 1 is 0.600 bits per heavy atom. The first-order valence-corrected chi connectivity index (χ1v) is 9.07. The Labute approximate surface area is 154 Å². The Kier molecular flexibility index (Phi) is 3.32. The van der Waals surface area contributed by atoms with E-state index in [0.717, 1.165) is 21.2 Å². The van der Waals surface area contributed by atoms with E-state index in [0.29, 0.717) is 0 Å². The molecule has 25 heavy (non-hydrogen) atoms. The molecule has 1 aromatic heterocycles. The number of nitrogens with zero attached hydrogens (tertiary/aromatic N) is 1. The number of hydrogen-bond donors (Lipinski definition) is 0. The van der Waals surface area contributed by atoms with Gasteiger partial charge in [0.2, 0.25) is 0 Å². The van der Waals surface area contributed by atoms with E-state index < -0.39 is 0 Å². The number of halogens is 1. The van der Waals surface area contributed by atoms with Gasteiger partial charge in [-0.05, 0) is 29.0 Å². The van der Waals surface area contributed by atoms with Gasteiger partial charge in [-0.15, -0.1) is 0 Å². The van der Waals surface area contributed by atoms with Crippen LogP contribution in [0, 0.1) is 0 Å². The lowest BCUT2D eigenvalue weighted by molar-refractivity contribution is 1.43. The highest BCUT2D eigenvalue weighted by Gasteiger charge is 2.12. The van der Waals surface area contributed by atoms with Crippen LogP contribution in [0.15, 0.2) is 89.4 Å². The van der Waals surface area contributed by atoms with Crippen molar-refractivity contribution in [2.75, 3.05) is 0 Å². The van der Waals surface area contributed by atoms with Gasteiger partial charge in [0, 0.05) is 26.2 Å². The molecule has 0 unspecified atom stereocenters. The minimum absolute atomic E-state index is 1.03. The second-order valence-electron chi connectivity index (χ2n) is 6.19. The van der Waals surface area contributed by atoms with E-state index in [9.17, 15) is 0 Å². The van der Waals surface area contributed by atoms with Crippen LogP contribution in [-0.2, 0) is 0 Å². The summed E-state index contributed by atoms with van der Waals surface area (Å²) < 4.78 is 1.08. The van der Waals surface area contributed by atoms with Crippen molar-refractivity contribution in [1.29, 1.82) is 0 Å². The largest absolute Gasteiger partial charge is 0.247 e. The lowest BCUT2D eigenvalue weighted by Gasteiger charge is -2.12. The second-order valence-corrected chi connectivity index (χ2v) is 7.11. The number of rotatable bonds is 1. The number of benzene rings is 4. The monoisotopic (exact) mass is 383 g/mol. The molecule has 1 heterocycles. The molecule has 0 saturated heterocycles. The summed E-state index contributed by atoms with van der Waals surface area (Å²) in [6, 6.07) is 29.8. The first kappa shape index (κ1) is 14.6. The quantitative estimate of drug-likeness (QED) is 0.284. The Morgan fingerprint density at radius 2 is 1.32 bits per heavy atom. The lowest BCUT2D eigenvalue weighted by atomic mass is 9.95. The molecule has 0 aliphatic carbocycles. The van der Waals surface area contributed by atoms with Crippen LogP contribution in [0.25, 0.3) is 43.7 Å². The number of aromatic nitrogens is 1. The van der Waals surface area contributed by atoms with Crippen LogP contribution in [0.1, 0.15) is 0 Å². The number of para-hydroxylation sites is 1. The predicted octanol–water partition coefficient (Wildman–Crippen LogP) is 6.97. The van der Waals surface area contributed by atoms with E-state index >= 15 is 0 Å². The Balaban J connectivity index is 2.01. The first-order valence-electron chi connectivity index (χ1n) is 8.27. The van der Waals surface area contributed by atoms with Crippen molar-refractivity contribution >= 4 is 48.4 Å². The zero-order valence-corrected chi connectivity index (χ0v) is 15.0. The van der Waals surface area contributed by atoms with Gasteiger partial charge in [-0.1, -0.05) is 82.7 Å². The summed E-state index contributed by atoms with van der Waals surface area (Å²) in [7, 11) is 0. The maximum absolute atomic E-state index is 4.99. The summed E-state index contributed by atoms with van der Waals surface area (Å²) in [5.41, 5.74) is 3.20. The maximum Gasteiger partial charge on any atom is 0.0788 e. The van der Waals surface area contributed by atoms with Gasteiger partial charge in [-0.3, -0.25) is 0 Å². The molecule has 0 bridgehead atoms. The summed E-state index contributed by atoms with van der Waals surface area (Å²) in [6.07, 6.45) is 0. The SMILES string of the molecule is Brc1ccc(-c2nc3ccccc3c3c2ccc2ccccc23)cc1. The van der Waals surface area contributed by atoms with Gasteiger partial charge >= 0.3 is 0 Å². The van der Waals surface area contributed by atoms with Crippen LogP contribution in [0.2, 0.25) is 0 Å². The summed E-state index contributed by atoms with van der Waals surface area (Å²) >= 11 is 3.52. The third kappa shape index (κ3) is 2.33. The molecule has 5 rings (SSSR count). The van der Waals surface area contributed by atoms with Crippen LogP contribution < -0.4 is 0 Å². The fraction of sp³-hybridized carbons (Fsp3) is 0. The van der Waals surface area contributed by atoms with E-state index in [1.165, 1.54) is 26.9 Å². The molecule has 0 amide bonds. The molecule has 0 aliphatic heterocycles. The van der Waals surface area contributed by atoms with Gasteiger partial charge in [-0.2, -0.15) is 0 Å². The topological polar surface area (TPSA) is 12.9 Å². The summed E-state index contributed by atoms with van der Waals surface area (Å²) in [6.45, 7) is 0. The molecule has 0 saturated carbocycles. The molecule has 118 valence electrons. The maximum atomic E-state index is 4.99. The zero-order valence-electron chi connectivity index (χ0n) is 13.4. The van der Waals surface area contributed by atoms with Crippen molar-refractivity contribution in [3.8, 4) is 11.3 Å². The lowest BCUT2D eigenvalue weighted by Crippen LogP contribution is -1.90. The predicted molar refractivity (Wildman–Crippen MR) is 110 cm³/mol. The van der Waals surface area contributed by atoms with Gasteiger partial charge in [0.25, 0.3) is 0 Å². The van der Waals surface area contributed by atoms with E-state index in [1.807, 2.05) is 0 Å². The zero-order chi connectivity index (χ0) is 16.8. The standard InChI is InChI=1S/C23H14BrN/c24-17-12-9-16(10-13-17)23-20-14-11-15-5-1-2-6-18(15)22(20)19-7-3-4-8-21(19)25-23/h1-14H. The van der Waals surface area contributed by atoms with Gasteiger partial charge in [-0.25, -0.2) is 4.98 Å². The van der Waals surface area contributed by atoms with Crippen LogP contribution >= 0.6 is 15.9 Å². The number of fused-ring (bicyclic) bond motifs is 5. The Hall–Kier alpha value is -2.71. The summed E-state index contributed by atoms with van der Waals surface area (Å²) in [4.78, 5) is 4.99. The third-order valence-electron chi connectivity index (χ3n) is 4.71. The molecule has 1 nitrogen and oxygen atoms in total. The highest BCUT2D eigenvalue weighted by molar-refractivity contribution is 9.10. The highest BCUT2D eigenvalue weighted by atomic mass is 79.9. The Bertz CT molecular complexity index is 1220. The van der Waals surface area contributed by atoms with Crippen molar-refractivity contribution < 1.29 is 0 Å². The number of pyridine rings is 1. The Morgan fingerprint density at radius 3 is 2.16 bits per heavy atom. The van der Waals surface area contributed by atoms with Gasteiger partial charge in [0.1, 0.15) is 0 Å². The summed E-state index contributed by atoms with van der Waals surface area (Å²) in [5, 5.41) is 6.21. The van der Waals surface area contributed by atoms with Gasteiger partial charge in [0.15, 0.2) is 0 Å². The van der Waals surface area contributed by atoms with E-state index in [1.54, 1.807) is 0 Å². The fourth-order valence-electron chi connectivity index (χ4n) is 3.55. The molecular weight excluding hydrogens is 370 g/mol. The average molecular weight is 384 g/mol. The van der Waals surface area contributed by atoms with Crippen LogP contribution in [0.4, 0.5) is 0 Å². The van der Waals surface area contributed by atoms with Crippen molar-refractivity contribution in [3.05, 3.63) is 89.4 Å². The molecule has 2 heteroatoms. The molecular formula is C23H14BrN. The normalized spacial score (nSPS) is 11.4. The van der Waals surface area contributed by atoms with Crippen molar-refractivity contribution in [1.82, 2.24) is 4.98 Å². The highest BCUT2D eigenvalue weighted by Crippen LogP contribution is 2.36. The van der Waals surface area contributed by atoms with E-state index in [4.69, 9.17) is 4.98 Å². The third-order valence-corrected chi connectivity index (χ3v) is 5.24. The van der Waals surface area contributed by atoms with E-state index in [2.05, 4.69) is 101 Å². The summed E-state index contributed by atoms with van der Waals surface area (Å²) in [5.74, 6) is 0. The molecule has 0 aliphatic rings. The molecule has 4 aromatic carbocycles. The molecule has 0 fully saturated rings. The molecule has 0 atom stereocenters. The molecule has 0 spiro atoms. The van der Waals surface area contributed by atoms with Crippen LogP contribution in [-0.4, -0.2) is 4.98 Å². The van der Waals surface area contributed by atoms with Gasteiger partial charge < -0.3 is 0 Å². The van der Waals surface area contributed by atoms with Crippen LogP contribution in [0.5, 0.6) is 0 Å². The van der Waals surface area contributed by atoms with Crippen molar-refractivity contribution in [2.24, 2.45) is 0 Å². The fourth-order valence-corrected chi connectivity index (χ4v) is 3.81. The van der Waals surface area contributed by atoms with Gasteiger partial charge in [0.05, 0.1) is 11.2 Å². The number of hydrogen-bond acceptors (Lipinski definition) is 1. The smallest absolute Gasteiger partial charge is 0.0788 e. The van der Waals surface area contributed by atoms with Crippen molar-refractivity contribution in [3.63, 3.8) is 0 Å².